The minimum atomic E-state index is -4.64. The van der Waals surface area contributed by atoms with Gasteiger partial charge in [-0.2, -0.15) is 18.2 Å². The SMILES string of the molecule is CC(C(=O)Nc1ccc(-c2ccn3nc(Nc4ccc(S(C)(=O)=O)cc4OCC(F)(F)F)nc3c2)cc1)c1ccc(F)cc1. The van der Waals surface area contributed by atoms with E-state index in [1.807, 2.05) is 12.1 Å². The van der Waals surface area contributed by atoms with E-state index in [0.717, 1.165) is 23.4 Å². The Balaban J connectivity index is 1.32. The van der Waals surface area contributed by atoms with Crippen molar-refractivity contribution in [3.63, 3.8) is 0 Å². The molecule has 0 aliphatic heterocycles. The van der Waals surface area contributed by atoms with E-state index in [4.69, 9.17) is 4.74 Å². The second-order valence-electron chi connectivity index (χ2n) is 9.95. The lowest BCUT2D eigenvalue weighted by Crippen LogP contribution is -2.19. The van der Waals surface area contributed by atoms with Gasteiger partial charge in [0.05, 0.1) is 16.5 Å². The molecule has 0 aliphatic carbocycles. The monoisotopic (exact) mass is 627 g/mol. The van der Waals surface area contributed by atoms with E-state index >= 15 is 0 Å². The fourth-order valence-corrected chi connectivity index (χ4v) is 4.89. The number of benzene rings is 3. The van der Waals surface area contributed by atoms with Crippen LogP contribution in [0.15, 0.2) is 90.0 Å². The van der Waals surface area contributed by atoms with Gasteiger partial charge in [0.15, 0.2) is 22.1 Å². The molecule has 1 amide bonds. The summed E-state index contributed by atoms with van der Waals surface area (Å²) in [6.45, 7) is 0.113. The highest BCUT2D eigenvalue weighted by Gasteiger charge is 2.29. The number of aromatic nitrogens is 3. The third-order valence-electron chi connectivity index (χ3n) is 6.61. The van der Waals surface area contributed by atoms with Gasteiger partial charge >= 0.3 is 6.18 Å². The van der Waals surface area contributed by atoms with E-state index in [0.29, 0.717) is 16.9 Å². The molecule has 5 aromatic rings. The number of hydrogen-bond acceptors (Lipinski definition) is 7. The van der Waals surface area contributed by atoms with Crippen molar-refractivity contribution in [2.45, 2.75) is 23.9 Å². The van der Waals surface area contributed by atoms with Crippen LogP contribution in [0.2, 0.25) is 0 Å². The molecule has 9 nitrogen and oxygen atoms in total. The lowest BCUT2D eigenvalue weighted by molar-refractivity contribution is -0.153. The predicted molar refractivity (Wildman–Crippen MR) is 156 cm³/mol. The third-order valence-corrected chi connectivity index (χ3v) is 7.72. The fourth-order valence-electron chi connectivity index (χ4n) is 4.25. The molecule has 0 saturated heterocycles. The number of pyridine rings is 1. The molecule has 0 aliphatic rings. The number of alkyl halides is 3. The van der Waals surface area contributed by atoms with Gasteiger partial charge in [0.25, 0.3) is 0 Å². The normalized spacial score (nSPS) is 12.6. The van der Waals surface area contributed by atoms with Gasteiger partial charge in [-0.1, -0.05) is 24.3 Å². The van der Waals surface area contributed by atoms with Gasteiger partial charge in [-0.05, 0) is 72.1 Å². The van der Waals surface area contributed by atoms with Crippen LogP contribution >= 0.6 is 0 Å². The number of ether oxygens (including phenoxy) is 1. The Morgan fingerprint density at radius 3 is 2.34 bits per heavy atom. The van der Waals surface area contributed by atoms with E-state index in [-0.39, 0.29) is 34.0 Å². The van der Waals surface area contributed by atoms with Crippen molar-refractivity contribution in [2.75, 3.05) is 23.5 Å². The summed E-state index contributed by atoms with van der Waals surface area (Å²) in [5.74, 6) is -1.40. The number of nitrogens with one attached hydrogen (secondary N) is 2. The van der Waals surface area contributed by atoms with Crippen LogP contribution < -0.4 is 15.4 Å². The van der Waals surface area contributed by atoms with E-state index in [1.54, 1.807) is 49.5 Å². The first-order valence-electron chi connectivity index (χ1n) is 13.1. The molecular weight excluding hydrogens is 602 g/mol. The highest BCUT2D eigenvalue weighted by Crippen LogP contribution is 2.32. The highest BCUT2D eigenvalue weighted by atomic mass is 32.2. The highest BCUT2D eigenvalue weighted by molar-refractivity contribution is 7.90. The first-order valence-corrected chi connectivity index (χ1v) is 15.0. The van der Waals surface area contributed by atoms with E-state index in [9.17, 15) is 30.8 Å². The summed E-state index contributed by atoms with van der Waals surface area (Å²) in [4.78, 5) is 16.9. The summed E-state index contributed by atoms with van der Waals surface area (Å²) in [7, 11) is -3.70. The fraction of sp³-hybridized carbons (Fsp3) is 0.167. The Kier molecular flexibility index (Phi) is 8.28. The summed E-state index contributed by atoms with van der Waals surface area (Å²) in [6, 6.07) is 19.9. The summed E-state index contributed by atoms with van der Waals surface area (Å²) in [6.07, 6.45) is -2.05. The Hall–Kier alpha value is -4.98. The third kappa shape index (κ3) is 7.32. The van der Waals surface area contributed by atoms with E-state index < -0.39 is 28.5 Å². The van der Waals surface area contributed by atoms with Crippen molar-refractivity contribution in [1.82, 2.24) is 14.6 Å². The van der Waals surface area contributed by atoms with Crippen LogP contribution in [0.3, 0.4) is 0 Å². The number of anilines is 3. The van der Waals surface area contributed by atoms with Crippen LogP contribution in [-0.2, 0) is 14.6 Å². The topological polar surface area (TPSA) is 115 Å². The average molecular weight is 628 g/mol. The van der Waals surface area contributed by atoms with Gasteiger partial charge < -0.3 is 15.4 Å². The van der Waals surface area contributed by atoms with Gasteiger partial charge in [0.2, 0.25) is 11.9 Å². The van der Waals surface area contributed by atoms with Crippen LogP contribution in [0.4, 0.5) is 34.9 Å². The van der Waals surface area contributed by atoms with Crippen LogP contribution in [0.1, 0.15) is 18.4 Å². The Morgan fingerprint density at radius 2 is 1.68 bits per heavy atom. The maximum atomic E-state index is 13.2. The minimum absolute atomic E-state index is 0.0412. The van der Waals surface area contributed by atoms with Crippen LogP contribution in [0, 0.1) is 5.82 Å². The van der Waals surface area contributed by atoms with Crippen molar-refractivity contribution in [2.24, 2.45) is 0 Å². The maximum Gasteiger partial charge on any atom is 0.422 e. The number of hydrogen-bond donors (Lipinski definition) is 2. The lowest BCUT2D eigenvalue weighted by Gasteiger charge is -2.14. The van der Waals surface area contributed by atoms with Crippen molar-refractivity contribution in [1.29, 1.82) is 0 Å². The van der Waals surface area contributed by atoms with E-state index in [1.165, 1.54) is 28.8 Å². The van der Waals surface area contributed by atoms with Crippen LogP contribution in [-0.4, -0.2) is 48.0 Å². The summed E-state index contributed by atoms with van der Waals surface area (Å²) in [5.41, 5.74) is 3.32. The molecule has 2 aromatic heterocycles. The zero-order valence-corrected chi connectivity index (χ0v) is 24.1. The van der Waals surface area contributed by atoms with Crippen LogP contribution in [0.25, 0.3) is 16.8 Å². The molecule has 5 rings (SSSR count). The number of fused-ring (bicyclic) bond motifs is 1. The smallest absolute Gasteiger partial charge is 0.422 e. The molecular formula is C30H25F4N5O4S. The van der Waals surface area contributed by atoms with Gasteiger partial charge in [-0.15, -0.1) is 5.10 Å². The van der Waals surface area contributed by atoms with Gasteiger partial charge in [-0.25, -0.2) is 17.3 Å². The zero-order valence-electron chi connectivity index (χ0n) is 23.3. The minimum Gasteiger partial charge on any atom is -0.482 e. The number of amides is 1. The van der Waals surface area contributed by atoms with Gasteiger partial charge in [-0.3, -0.25) is 4.79 Å². The van der Waals surface area contributed by atoms with Crippen LogP contribution in [0.5, 0.6) is 5.75 Å². The predicted octanol–water partition coefficient (Wildman–Crippen LogP) is 6.37. The number of carbonyl (C=O) groups is 1. The Bertz CT molecular complexity index is 1930. The first kappa shape index (κ1) is 30.5. The molecule has 0 bridgehead atoms. The second kappa shape index (κ2) is 12.0. The molecule has 0 spiro atoms. The molecule has 228 valence electrons. The van der Waals surface area contributed by atoms with Crippen molar-refractivity contribution < 1.29 is 35.5 Å². The van der Waals surface area contributed by atoms with E-state index in [2.05, 4.69) is 20.7 Å². The summed E-state index contributed by atoms with van der Waals surface area (Å²) < 4.78 is 81.8. The number of rotatable bonds is 9. The largest absolute Gasteiger partial charge is 0.482 e. The number of nitrogens with zero attached hydrogens (tertiary/aromatic N) is 3. The van der Waals surface area contributed by atoms with Gasteiger partial charge in [0, 0.05) is 24.2 Å². The molecule has 2 N–H and O–H groups in total. The number of carbonyl (C=O) groups excluding carboxylic acids is 1. The molecule has 2 heterocycles. The molecule has 14 heteroatoms. The number of sulfone groups is 1. The summed E-state index contributed by atoms with van der Waals surface area (Å²) >= 11 is 0. The first-order chi connectivity index (χ1) is 20.7. The molecule has 1 unspecified atom stereocenters. The Labute approximate surface area is 249 Å². The average Bonchev–Trinajstić information content (AvgIpc) is 3.37. The standard InChI is InChI=1S/C30H25F4N5O4S/c1-18(19-3-7-22(31)8-4-19)28(40)35-23-9-5-20(6-10-23)21-13-14-39-27(15-21)37-29(38-39)36-25-12-11-24(44(2,41)42)16-26(25)43-17-30(32,33)34/h3-16,18H,17H2,1-2H3,(H,35,40)(H,36,38). The molecule has 0 saturated carbocycles. The molecule has 44 heavy (non-hydrogen) atoms. The maximum absolute atomic E-state index is 13.2. The quantitative estimate of drug-likeness (QED) is 0.183. The number of halogens is 4. The molecule has 3 aromatic carbocycles. The summed E-state index contributed by atoms with van der Waals surface area (Å²) in [5, 5.41) is 9.93. The molecule has 1 atom stereocenters. The molecule has 0 radical (unpaired) electrons. The molecule has 0 fully saturated rings. The lowest BCUT2D eigenvalue weighted by atomic mass is 10.00. The second-order valence-corrected chi connectivity index (χ2v) is 12.0. The zero-order chi connectivity index (χ0) is 31.6. The van der Waals surface area contributed by atoms with Crippen molar-refractivity contribution in [3.05, 3.63) is 96.4 Å². The van der Waals surface area contributed by atoms with Gasteiger partial charge in [0.1, 0.15) is 11.6 Å². The Morgan fingerprint density at radius 1 is 0.977 bits per heavy atom. The van der Waals surface area contributed by atoms with Crippen molar-refractivity contribution >= 4 is 38.7 Å². The van der Waals surface area contributed by atoms with Crippen molar-refractivity contribution in [3.8, 4) is 16.9 Å².